The minimum Gasteiger partial charge on any atom is -0.331 e. The van der Waals surface area contributed by atoms with Crippen LogP contribution in [0, 0.1) is 0 Å². The van der Waals surface area contributed by atoms with E-state index in [2.05, 4.69) is 29.1 Å². The minimum absolute atomic E-state index is 0.442. The molecule has 1 aromatic carbocycles. The van der Waals surface area contributed by atoms with Crippen LogP contribution in [0.4, 0.5) is 0 Å². The number of para-hydroxylation sites is 1. The summed E-state index contributed by atoms with van der Waals surface area (Å²) < 4.78 is 4.05. The number of aromatic nitrogens is 4. The molecule has 0 saturated heterocycles. The second-order valence-corrected chi connectivity index (χ2v) is 4.72. The number of halogens is 1. The van der Waals surface area contributed by atoms with Gasteiger partial charge in [-0.3, -0.25) is 4.68 Å². The summed E-state index contributed by atoms with van der Waals surface area (Å²) in [5.41, 5.74) is 3.13. The Morgan fingerprint density at radius 3 is 2.84 bits per heavy atom. The molecular weight excluding hydrogens is 260 g/mol. The minimum atomic E-state index is 0.442. The molecule has 0 aliphatic carbocycles. The summed E-state index contributed by atoms with van der Waals surface area (Å²) in [6.07, 6.45) is 3.77. The lowest BCUT2D eigenvalue weighted by atomic mass is 10.2. The Hall–Kier alpha value is -1.81. The average Bonchev–Trinajstić information content (AvgIpc) is 3.04. The molecule has 19 heavy (non-hydrogen) atoms. The van der Waals surface area contributed by atoms with Gasteiger partial charge < -0.3 is 4.57 Å². The van der Waals surface area contributed by atoms with Gasteiger partial charge in [0.25, 0.3) is 0 Å². The Balaban J connectivity index is 2.00. The molecule has 0 N–H and O–H groups in total. The molecule has 5 heteroatoms. The molecule has 4 nitrogen and oxygen atoms in total. The van der Waals surface area contributed by atoms with Crippen LogP contribution in [-0.4, -0.2) is 19.3 Å². The predicted molar refractivity (Wildman–Crippen MR) is 76.3 cm³/mol. The van der Waals surface area contributed by atoms with Gasteiger partial charge in [0.1, 0.15) is 0 Å². The van der Waals surface area contributed by atoms with Crippen LogP contribution in [0.2, 0.25) is 0 Å². The Kier molecular flexibility index (Phi) is 3.25. The van der Waals surface area contributed by atoms with E-state index in [1.54, 1.807) is 6.33 Å². The molecule has 2 heterocycles. The third kappa shape index (κ3) is 2.24. The summed E-state index contributed by atoms with van der Waals surface area (Å²) in [5.74, 6) is 0.442. The zero-order chi connectivity index (χ0) is 13.2. The zero-order valence-corrected chi connectivity index (χ0v) is 11.5. The highest BCUT2D eigenvalue weighted by molar-refractivity contribution is 6.16. The van der Waals surface area contributed by atoms with Crippen molar-refractivity contribution in [2.45, 2.75) is 25.9 Å². The van der Waals surface area contributed by atoms with E-state index in [4.69, 9.17) is 11.6 Å². The van der Waals surface area contributed by atoms with Crippen LogP contribution in [0.5, 0.6) is 0 Å². The van der Waals surface area contributed by atoms with Crippen LogP contribution in [0.3, 0.4) is 0 Å². The summed E-state index contributed by atoms with van der Waals surface area (Å²) in [5, 5.41) is 5.87. The number of imidazole rings is 1. The highest BCUT2D eigenvalue weighted by Crippen LogP contribution is 2.19. The Morgan fingerprint density at radius 2 is 2.11 bits per heavy atom. The van der Waals surface area contributed by atoms with Crippen molar-refractivity contribution < 1.29 is 0 Å². The normalized spacial score (nSPS) is 11.3. The molecule has 0 unspecified atom stereocenters. The number of aryl methyl sites for hydroxylation is 1. The summed E-state index contributed by atoms with van der Waals surface area (Å²) in [4.78, 5) is 4.23. The van der Waals surface area contributed by atoms with Gasteiger partial charge in [0.15, 0.2) is 0 Å². The largest absolute Gasteiger partial charge is 0.331 e. The van der Waals surface area contributed by atoms with Crippen LogP contribution >= 0.6 is 11.6 Å². The first kappa shape index (κ1) is 12.2. The summed E-state index contributed by atoms with van der Waals surface area (Å²) >= 11 is 5.77. The van der Waals surface area contributed by atoms with Crippen molar-refractivity contribution in [3.63, 3.8) is 0 Å². The summed E-state index contributed by atoms with van der Waals surface area (Å²) in [6, 6.07) is 8.31. The SMILES string of the molecule is CCn1nc(Cn2cnc(CCl)c2)c2ccccc21. The number of hydrogen-bond donors (Lipinski definition) is 0. The van der Waals surface area contributed by atoms with Crippen molar-refractivity contribution in [2.75, 3.05) is 0 Å². The van der Waals surface area contributed by atoms with Gasteiger partial charge in [0.05, 0.1) is 35.7 Å². The van der Waals surface area contributed by atoms with Crippen molar-refractivity contribution in [1.82, 2.24) is 19.3 Å². The highest BCUT2D eigenvalue weighted by atomic mass is 35.5. The standard InChI is InChI=1S/C14H15ClN4/c1-2-19-14-6-4-3-5-12(14)13(17-19)9-18-8-11(7-15)16-10-18/h3-6,8,10H,2,7,9H2,1H3. The monoisotopic (exact) mass is 274 g/mol. The number of nitrogens with zero attached hydrogens (tertiary/aromatic N) is 4. The van der Waals surface area contributed by atoms with E-state index in [1.807, 2.05) is 27.6 Å². The topological polar surface area (TPSA) is 35.6 Å². The summed E-state index contributed by atoms with van der Waals surface area (Å²) in [7, 11) is 0. The Labute approximate surface area is 116 Å². The van der Waals surface area contributed by atoms with Gasteiger partial charge in [-0.1, -0.05) is 18.2 Å². The molecule has 3 rings (SSSR count). The lowest BCUT2D eigenvalue weighted by Crippen LogP contribution is -2.00. The van der Waals surface area contributed by atoms with E-state index >= 15 is 0 Å². The maximum Gasteiger partial charge on any atom is 0.0953 e. The van der Waals surface area contributed by atoms with Crippen LogP contribution < -0.4 is 0 Å². The van der Waals surface area contributed by atoms with Crippen molar-refractivity contribution in [1.29, 1.82) is 0 Å². The number of rotatable bonds is 4. The van der Waals surface area contributed by atoms with E-state index in [-0.39, 0.29) is 0 Å². The van der Waals surface area contributed by atoms with Gasteiger partial charge in [-0.25, -0.2) is 4.98 Å². The molecule has 0 atom stereocenters. The molecule has 0 radical (unpaired) electrons. The first-order chi connectivity index (χ1) is 9.31. The van der Waals surface area contributed by atoms with Crippen LogP contribution in [0.1, 0.15) is 18.3 Å². The maximum absolute atomic E-state index is 5.77. The van der Waals surface area contributed by atoms with Gasteiger partial charge in [-0.15, -0.1) is 11.6 Å². The van der Waals surface area contributed by atoms with Gasteiger partial charge >= 0.3 is 0 Å². The lowest BCUT2D eigenvalue weighted by Gasteiger charge is -1.98. The molecular formula is C14H15ClN4. The van der Waals surface area contributed by atoms with Crippen molar-refractivity contribution in [3.8, 4) is 0 Å². The third-order valence-electron chi connectivity index (χ3n) is 3.19. The average molecular weight is 275 g/mol. The van der Waals surface area contributed by atoms with Gasteiger partial charge in [-0.2, -0.15) is 5.10 Å². The van der Waals surface area contributed by atoms with Gasteiger partial charge in [-0.05, 0) is 13.0 Å². The second-order valence-electron chi connectivity index (χ2n) is 4.45. The van der Waals surface area contributed by atoms with E-state index in [9.17, 15) is 0 Å². The van der Waals surface area contributed by atoms with E-state index in [0.717, 1.165) is 24.5 Å². The van der Waals surface area contributed by atoms with Crippen LogP contribution in [0.25, 0.3) is 10.9 Å². The van der Waals surface area contributed by atoms with Gasteiger partial charge in [0.2, 0.25) is 0 Å². The molecule has 0 fully saturated rings. The molecule has 0 aliphatic rings. The van der Waals surface area contributed by atoms with E-state index < -0.39 is 0 Å². The fraction of sp³-hybridized carbons (Fsp3) is 0.286. The third-order valence-corrected chi connectivity index (χ3v) is 3.46. The highest BCUT2D eigenvalue weighted by Gasteiger charge is 2.09. The predicted octanol–water partition coefficient (Wildman–Crippen LogP) is 3.04. The first-order valence-corrected chi connectivity index (χ1v) is 6.86. The number of alkyl halides is 1. The molecule has 0 aliphatic heterocycles. The van der Waals surface area contributed by atoms with Crippen molar-refractivity contribution in [3.05, 3.63) is 48.2 Å². The fourth-order valence-electron chi connectivity index (χ4n) is 2.29. The molecule has 0 amide bonds. The first-order valence-electron chi connectivity index (χ1n) is 6.33. The molecule has 0 spiro atoms. The van der Waals surface area contributed by atoms with Crippen molar-refractivity contribution in [2.24, 2.45) is 0 Å². The Bertz CT molecular complexity index is 698. The number of hydrogen-bond acceptors (Lipinski definition) is 2. The second kappa shape index (κ2) is 5.05. The Morgan fingerprint density at radius 1 is 1.26 bits per heavy atom. The molecule has 2 aromatic heterocycles. The van der Waals surface area contributed by atoms with Crippen LogP contribution in [0.15, 0.2) is 36.8 Å². The maximum atomic E-state index is 5.77. The smallest absolute Gasteiger partial charge is 0.0953 e. The van der Waals surface area contributed by atoms with Crippen LogP contribution in [-0.2, 0) is 19.0 Å². The zero-order valence-electron chi connectivity index (χ0n) is 10.8. The molecule has 3 aromatic rings. The van der Waals surface area contributed by atoms with E-state index in [0.29, 0.717) is 5.88 Å². The summed E-state index contributed by atoms with van der Waals surface area (Å²) in [6.45, 7) is 3.70. The van der Waals surface area contributed by atoms with Gasteiger partial charge in [0, 0.05) is 18.1 Å². The quantitative estimate of drug-likeness (QED) is 0.686. The van der Waals surface area contributed by atoms with E-state index in [1.165, 1.54) is 10.9 Å². The molecule has 0 saturated carbocycles. The fourth-order valence-corrected chi connectivity index (χ4v) is 2.43. The van der Waals surface area contributed by atoms with Crippen molar-refractivity contribution >= 4 is 22.5 Å². The lowest BCUT2D eigenvalue weighted by molar-refractivity contribution is 0.653. The molecule has 0 bridgehead atoms. The number of benzene rings is 1. The number of fused-ring (bicyclic) bond motifs is 1. The molecule has 98 valence electrons.